The maximum Gasteiger partial charge on any atom is 0.222 e. The normalized spacial score (nSPS) is 18.2. The fourth-order valence-electron chi connectivity index (χ4n) is 2.61. The largest absolute Gasteiger partial charge is 0.494 e. The average molecular weight is 340 g/mol. The highest BCUT2D eigenvalue weighted by molar-refractivity contribution is 7.90. The summed E-state index contributed by atoms with van der Waals surface area (Å²) < 4.78 is 28.3. The molecule has 7 heteroatoms. The quantitative estimate of drug-likeness (QED) is 0.750. The zero-order chi connectivity index (χ0) is 16.9. The van der Waals surface area contributed by atoms with Crippen molar-refractivity contribution in [2.24, 2.45) is 11.7 Å². The predicted molar refractivity (Wildman–Crippen MR) is 88.0 cm³/mol. The van der Waals surface area contributed by atoms with Gasteiger partial charge in [-0.25, -0.2) is 8.42 Å². The first kappa shape index (κ1) is 17.7. The lowest BCUT2D eigenvalue weighted by Crippen LogP contribution is -2.29. The minimum atomic E-state index is -3.19. The summed E-state index contributed by atoms with van der Waals surface area (Å²) in [4.78, 5) is 14.2. The molecule has 0 aromatic heterocycles. The van der Waals surface area contributed by atoms with Gasteiger partial charge in [0, 0.05) is 25.8 Å². The van der Waals surface area contributed by atoms with Crippen molar-refractivity contribution in [1.29, 1.82) is 0 Å². The van der Waals surface area contributed by atoms with Gasteiger partial charge in [-0.3, -0.25) is 4.79 Å². The highest BCUT2D eigenvalue weighted by atomic mass is 32.2. The van der Waals surface area contributed by atoms with Crippen LogP contribution in [-0.4, -0.2) is 51.7 Å². The van der Waals surface area contributed by atoms with Gasteiger partial charge in [0.1, 0.15) is 5.75 Å². The van der Waals surface area contributed by atoms with E-state index in [9.17, 15) is 13.2 Å². The van der Waals surface area contributed by atoms with E-state index in [0.717, 1.165) is 19.5 Å². The van der Waals surface area contributed by atoms with Crippen LogP contribution in [0, 0.1) is 5.92 Å². The minimum absolute atomic E-state index is 0.150. The standard InChI is InChI=1S/C16H24N2O4S/c1-23(20,21)15-6-4-14(5-7-15)22-10-2-3-16(19)18-9-8-13(11-17)12-18/h4-7,13H,2-3,8-12,17H2,1H3. The molecule has 1 amide bonds. The summed E-state index contributed by atoms with van der Waals surface area (Å²) >= 11 is 0. The number of nitrogens with two attached hydrogens (primary N) is 1. The molecule has 23 heavy (non-hydrogen) atoms. The van der Waals surface area contributed by atoms with E-state index in [1.54, 1.807) is 12.1 Å². The predicted octanol–water partition coefficient (Wildman–Crippen LogP) is 1.06. The Morgan fingerprint density at radius 3 is 2.61 bits per heavy atom. The Balaban J connectivity index is 1.70. The van der Waals surface area contributed by atoms with Crippen LogP contribution < -0.4 is 10.5 Å². The number of carbonyl (C=O) groups excluding carboxylic acids is 1. The van der Waals surface area contributed by atoms with E-state index >= 15 is 0 Å². The van der Waals surface area contributed by atoms with Crippen molar-refractivity contribution in [1.82, 2.24) is 4.90 Å². The zero-order valence-corrected chi connectivity index (χ0v) is 14.2. The van der Waals surface area contributed by atoms with Gasteiger partial charge in [0.15, 0.2) is 9.84 Å². The highest BCUT2D eigenvalue weighted by Crippen LogP contribution is 2.18. The third kappa shape index (κ3) is 5.21. The smallest absolute Gasteiger partial charge is 0.222 e. The van der Waals surface area contributed by atoms with Crippen molar-refractivity contribution >= 4 is 15.7 Å². The first-order valence-corrected chi connectivity index (χ1v) is 9.70. The molecule has 0 bridgehead atoms. The van der Waals surface area contributed by atoms with E-state index < -0.39 is 9.84 Å². The second-order valence-corrected chi connectivity index (χ2v) is 7.94. The second-order valence-electron chi connectivity index (χ2n) is 5.93. The molecule has 1 fully saturated rings. The lowest BCUT2D eigenvalue weighted by molar-refractivity contribution is -0.130. The number of nitrogens with zero attached hydrogens (tertiary/aromatic N) is 1. The number of rotatable bonds is 7. The van der Waals surface area contributed by atoms with Crippen molar-refractivity contribution in [2.75, 3.05) is 32.5 Å². The summed E-state index contributed by atoms with van der Waals surface area (Å²) in [6.07, 6.45) is 3.25. The zero-order valence-electron chi connectivity index (χ0n) is 13.4. The van der Waals surface area contributed by atoms with Crippen LogP contribution in [-0.2, 0) is 14.6 Å². The minimum Gasteiger partial charge on any atom is -0.494 e. The molecule has 1 aromatic carbocycles. The van der Waals surface area contributed by atoms with Crippen molar-refractivity contribution in [3.8, 4) is 5.75 Å². The van der Waals surface area contributed by atoms with Crippen molar-refractivity contribution in [2.45, 2.75) is 24.2 Å². The Kier molecular flexibility index (Phi) is 6.01. The van der Waals surface area contributed by atoms with E-state index in [1.807, 2.05) is 4.90 Å². The Morgan fingerprint density at radius 2 is 2.04 bits per heavy atom. The highest BCUT2D eigenvalue weighted by Gasteiger charge is 2.24. The van der Waals surface area contributed by atoms with Crippen LogP contribution in [0.15, 0.2) is 29.2 Å². The number of hydrogen-bond acceptors (Lipinski definition) is 5. The summed E-state index contributed by atoms with van der Waals surface area (Å²) in [6, 6.07) is 6.30. The molecule has 1 saturated heterocycles. The van der Waals surface area contributed by atoms with Crippen LogP contribution in [0.4, 0.5) is 0 Å². The van der Waals surface area contributed by atoms with E-state index in [0.29, 0.717) is 37.7 Å². The van der Waals surface area contributed by atoms with Crippen LogP contribution in [0.5, 0.6) is 5.75 Å². The van der Waals surface area contributed by atoms with Crippen LogP contribution in [0.3, 0.4) is 0 Å². The number of hydrogen-bond donors (Lipinski definition) is 1. The summed E-state index contributed by atoms with van der Waals surface area (Å²) in [5.74, 6) is 1.19. The van der Waals surface area contributed by atoms with Crippen LogP contribution in [0.1, 0.15) is 19.3 Å². The van der Waals surface area contributed by atoms with Gasteiger partial charge in [0.05, 0.1) is 11.5 Å². The summed E-state index contributed by atoms with van der Waals surface area (Å²) in [6.45, 7) is 2.63. The average Bonchev–Trinajstić information content (AvgIpc) is 3.00. The number of likely N-dealkylation sites (tertiary alicyclic amines) is 1. The van der Waals surface area contributed by atoms with E-state index in [2.05, 4.69) is 0 Å². The molecule has 0 spiro atoms. The van der Waals surface area contributed by atoms with E-state index in [1.165, 1.54) is 18.4 Å². The summed E-state index contributed by atoms with van der Waals surface area (Å²) in [5.41, 5.74) is 5.62. The van der Waals surface area contributed by atoms with Gasteiger partial charge in [0.25, 0.3) is 0 Å². The molecule has 1 atom stereocenters. The molecule has 1 unspecified atom stereocenters. The third-order valence-electron chi connectivity index (χ3n) is 4.03. The maximum atomic E-state index is 12.0. The Hall–Kier alpha value is -1.60. The molecule has 1 heterocycles. The summed E-state index contributed by atoms with van der Waals surface area (Å²) in [5, 5.41) is 0. The molecule has 2 rings (SSSR count). The number of sulfone groups is 1. The van der Waals surface area contributed by atoms with Crippen LogP contribution in [0.2, 0.25) is 0 Å². The molecule has 0 radical (unpaired) electrons. The first-order valence-electron chi connectivity index (χ1n) is 7.81. The number of carbonyl (C=O) groups is 1. The third-order valence-corrected chi connectivity index (χ3v) is 5.16. The molecule has 1 aromatic rings. The fraction of sp³-hybridized carbons (Fsp3) is 0.562. The lowest BCUT2D eigenvalue weighted by atomic mass is 10.1. The summed E-state index contributed by atoms with van der Waals surface area (Å²) in [7, 11) is -3.19. The van der Waals surface area contributed by atoms with Crippen LogP contribution >= 0.6 is 0 Å². The Bertz CT molecular complexity index is 628. The van der Waals surface area contributed by atoms with Crippen molar-refractivity contribution < 1.29 is 17.9 Å². The number of ether oxygens (including phenoxy) is 1. The molecular weight excluding hydrogens is 316 g/mol. The first-order chi connectivity index (χ1) is 10.9. The molecule has 0 aliphatic carbocycles. The fourth-order valence-corrected chi connectivity index (χ4v) is 3.24. The molecule has 2 N–H and O–H groups in total. The van der Waals surface area contributed by atoms with Gasteiger partial charge in [-0.05, 0) is 49.6 Å². The molecule has 1 aliphatic heterocycles. The van der Waals surface area contributed by atoms with Crippen LogP contribution in [0.25, 0.3) is 0 Å². The molecular formula is C16H24N2O4S. The lowest BCUT2D eigenvalue weighted by Gasteiger charge is -2.16. The maximum absolute atomic E-state index is 12.0. The van der Waals surface area contributed by atoms with Gasteiger partial charge in [0.2, 0.25) is 5.91 Å². The molecule has 6 nitrogen and oxygen atoms in total. The second kappa shape index (κ2) is 7.79. The molecule has 1 aliphatic rings. The van der Waals surface area contributed by atoms with Crippen molar-refractivity contribution in [3.63, 3.8) is 0 Å². The van der Waals surface area contributed by atoms with Gasteiger partial charge in [-0.1, -0.05) is 0 Å². The molecule has 128 valence electrons. The monoisotopic (exact) mass is 340 g/mol. The van der Waals surface area contributed by atoms with E-state index in [-0.39, 0.29) is 10.8 Å². The number of benzene rings is 1. The topological polar surface area (TPSA) is 89.7 Å². The van der Waals surface area contributed by atoms with Gasteiger partial charge in [-0.15, -0.1) is 0 Å². The van der Waals surface area contributed by atoms with Gasteiger partial charge in [-0.2, -0.15) is 0 Å². The Labute approximate surface area is 137 Å². The van der Waals surface area contributed by atoms with Gasteiger partial charge >= 0.3 is 0 Å². The Morgan fingerprint density at radius 1 is 1.35 bits per heavy atom. The van der Waals surface area contributed by atoms with E-state index in [4.69, 9.17) is 10.5 Å². The number of amides is 1. The molecule has 0 saturated carbocycles. The van der Waals surface area contributed by atoms with Gasteiger partial charge < -0.3 is 15.4 Å². The van der Waals surface area contributed by atoms with Crippen molar-refractivity contribution in [3.05, 3.63) is 24.3 Å². The SMILES string of the molecule is CS(=O)(=O)c1ccc(OCCCC(=O)N2CCC(CN)C2)cc1.